The number of thiazole rings is 1. The Labute approximate surface area is 243 Å². The van der Waals surface area contributed by atoms with E-state index in [1.807, 2.05) is 90.3 Å². The van der Waals surface area contributed by atoms with Gasteiger partial charge in [0.25, 0.3) is 5.91 Å². The van der Waals surface area contributed by atoms with Gasteiger partial charge in [-0.2, -0.15) is 5.10 Å². The van der Waals surface area contributed by atoms with Crippen molar-refractivity contribution in [3.8, 4) is 17.0 Å². The molecule has 5 aromatic rings. The fraction of sp³-hybridized carbons (Fsp3) is 0.0333. The quantitative estimate of drug-likeness (QED) is 0.129. The van der Waals surface area contributed by atoms with Crippen LogP contribution >= 0.6 is 38.9 Å². The van der Waals surface area contributed by atoms with Crippen LogP contribution in [0.5, 0.6) is 5.75 Å². The number of amides is 1. The molecular weight excluding hydrogens is 596 g/mol. The molecule has 6 nitrogen and oxygen atoms in total. The van der Waals surface area contributed by atoms with Gasteiger partial charge in [-0.3, -0.25) is 4.79 Å². The number of rotatable bonds is 9. The molecule has 5 rings (SSSR count). The molecule has 0 radical (unpaired) electrons. The molecule has 0 aliphatic carbocycles. The summed E-state index contributed by atoms with van der Waals surface area (Å²) in [7, 11) is 0. The van der Waals surface area contributed by atoms with Crippen molar-refractivity contribution in [2.24, 2.45) is 5.10 Å². The number of nitrogens with zero attached hydrogens (tertiary/aromatic N) is 2. The third-order valence-corrected chi connectivity index (χ3v) is 7.12. The Morgan fingerprint density at radius 1 is 1.00 bits per heavy atom. The van der Waals surface area contributed by atoms with E-state index < -0.39 is 0 Å². The highest BCUT2D eigenvalue weighted by Gasteiger charge is 2.09. The van der Waals surface area contributed by atoms with Gasteiger partial charge in [0.1, 0.15) is 12.4 Å². The molecule has 194 valence electrons. The largest absolute Gasteiger partial charge is 0.488 e. The highest BCUT2D eigenvalue weighted by atomic mass is 79.9. The number of carbonyl (C=O) groups is 1. The topological polar surface area (TPSA) is 75.6 Å². The number of carbonyl (C=O) groups excluding carboxylic acids is 1. The van der Waals surface area contributed by atoms with Gasteiger partial charge in [0, 0.05) is 37.3 Å². The summed E-state index contributed by atoms with van der Waals surface area (Å²) < 4.78 is 6.84. The molecule has 0 spiro atoms. The fourth-order valence-electron chi connectivity index (χ4n) is 3.62. The first-order chi connectivity index (χ1) is 19.0. The van der Waals surface area contributed by atoms with Crippen LogP contribution in [0.15, 0.2) is 112 Å². The first-order valence-corrected chi connectivity index (χ1v) is 14.0. The molecule has 39 heavy (non-hydrogen) atoms. The predicted molar refractivity (Wildman–Crippen MR) is 162 cm³/mol. The Balaban J connectivity index is 1.20. The molecule has 1 heterocycles. The summed E-state index contributed by atoms with van der Waals surface area (Å²) >= 11 is 11.0. The second kappa shape index (κ2) is 12.7. The molecule has 0 fully saturated rings. The third-order valence-electron chi connectivity index (χ3n) is 5.62. The van der Waals surface area contributed by atoms with Crippen molar-refractivity contribution in [1.29, 1.82) is 0 Å². The fourth-order valence-corrected chi connectivity index (χ4v) is 4.86. The van der Waals surface area contributed by atoms with Gasteiger partial charge in [-0.15, -0.1) is 11.3 Å². The zero-order chi connectivity index (χ0) is 27.0. The van der Waals surface area contributed by atoms with Crippen LogP contribution in [0.4, 0.5) is 10.8 Å². The van der Waals surface area contributed by atoms with Crippen LogP contribution in [0.3, 0.4) is 0 Å². The molecule has 0 aliphatic rings. The van der Waals surface area contributed by atoms with Gasteiger partial charge in [0.2, 0.25) is 0 Å². The molecule has 1 aromatic heterocycles. The molecule has 0 saturated heterocycles. The lowest BCUT2D eigenvalue weighted by molar-refractivity contribution is 0.0955. The highest BCUT2D eigenvalue weighted by molar-refractivity contribution is 9.10. The van der Waals surface area contributed by atoms with Crippen molar-refractivity contribution < 1.29 is 9.53 Å². The molecule has 1 amide bonds. The van der Waals surface area contributed by atoms with Crippen LogP contribution in [0.1, 0.15) is 21.5 Å². The van der Waals surface area contributed by atoms with Crippen LogP contribution < -0.4 is 15.5 Å². The maximum Gasteiger partial charge on any atom is 0.271 e. The van der Waals surface area contributed by atoms with E-state index in [0.717, 1.165) is 37.7 Å². The van der Waals surface area contributed by atoms with Gasteiger partial charge in [-0.05, 0) is 60.2 Å². The molecule has 0 aliphatic heterocycles. The van der Waals surface area contributed by atoms with E-state index in [0.29, 0.717) is 22.9 Å². The number of para-hydroxylation sites is 1. The maximum atomic E-state index is 12.7. The zero-order valence-corrected chi connectivity index (χ0v) is 23.6. The number of benzene rings is 4. The minimum Gasteiger partial charge on any atom is -0.488 e. The van der Waals surface area contributed by atoms with Crippen molar-refractivity contribution in [2.45, 2.75) is 6.61 Å². The molecule has 4 aromatic carbocycles. The van der Waals surface area contributed by atoms with Gasteiger partial charge in [0.15, 0.2) is 5.13 Å². The number of nitrogens with one attached hydrogen (secondary N) is 2. The lowest BCUT2D eigenvalue weighted by Gasteiger charge is -2.10. The van der Waals surface area contributed by atoms with Crippen LogP contribution in [0.2, 0.25) is 5.02 Å². The standard InChI is InChI=1S/C30H22BrClN4O2S/c31-24-12-15-28(38-18-20-6-13-25(32)14-7-20)23(16-24)17-33-36-29(37)22-10-8-21(9-11-22)27-19-39-30(35-27)34-26-4-2-1-3-5-26/h1-17,19H,18H2,(H,34,35)(H,36,37)/b33-17-. The average molecular weight is 618 g/mol. The van der Waals surface area contributed by atoms with Gasteiger partial charge in [-0.1, -0.05) is 70.0 Å². The number of ether oxygens (including phenoxy) is 1. The van der Waals surface area contributed by atoms with E-state index in [9.17, 15) is 4.79 Å². The van der Waals surface area contributed by atoms with Gasteiger partial charge in [-0.25, -0.2) is 10.4 Å². The minimum atomic E-state index is -0.318. The zero-order valence-electron chi connectivity index (χ0n) is 20.5. The summed E-state index contributed by atoms with van der Waals surface area (Å²) in [4.78, 5) is 17.3. The number of anilines is 2. The Bertz CT molecular complexity index is 1590. The molecule has 2 N–H and O–H groups in total. The molecule has 0 saturated carbocycles. The van der Waals surface area contributed by atoms with Gasteiger partial charge >= 0.3 is 0 Å². The van der Waals surface area contributed by atoms with Crippen molar-refractivity contribution >= 4 is 61.8 Å². The van der Waals surface area contributed by atoms with E-state index in [4.69, 9.17) is 16.3 Å². The van der Waals surface area contributed by atoms with Gasteiger partial charge in [0.05, 0.1) is 11.9 Å². The molecule has 0 bridgehead atoms. The molecule has 9 heteroatoms. The Kier molecular flexibility index (Phi) is 8.68. The number of hydrogen-bond acceptors (Lipinski definition) is 6. The second-order valence-electron chi connectivity index (χ2n) is 8.40. The van der Waals surface area contributed by atoms with Crippen LogP contribution in [-0.4, -0.2) is 17.1 Å². The summed E-state index contributed by atoms with van der Waals surface area (Å²) in [5.74, 6) is 0.320. The second-order valence-corrected chi connectivity index (χ2v) is 10.6. The highest BCUT2D eigenvalue weighted by Crippen LogP contribution is 2.27. The van der Waals surface area contributed by atoms with Crippen molar-refractivity contribution in [3.63, 3.8) is 0 Å². The number of halogens is 2. The van der Waals surface area contributed by atoms with E-state index >= 15 is 0 Å². The summed E-state index contributed by atoms with van der Waals surface area (Å²) in [6.45, 7) is 0.376. The van der Waals surface area contributed by atoms with Crippen molar-refractivity contribution in [2.75, 3.05) is 5.32 Å². The molecule has 0 unspecified atom stereocenters. The third kappa shape index (κ3) is 7.32. The first-order valence-electron chi connectivity index (χ1n) is 11.9. The van der Waals surface area contributed by atoms with Crippen molar-refractivity contribution in [1.82, 2.24) is 10.4 Å². The Morgan fingerprint density at radius 3 is 2.54 bits per heavy atom. The maximum absolute atomic E-state index is 12.7. The van der Waals surface area contributed by atoms with Crippen LogP contribution in [0.25, 0.3) is 11.3 Å². The summed E-state index contributed by atoms with van der Waals surface area (Å²) in [5, 5.41) is 10.9. The van der Waals surface area contributed by atoms with Crippen LogP contribution in [0, 0.1) is 0 Å². The molecule has 0 atom stereocenters. The monoisotopic (exact) mass is 616 g/mol. The van der Waals surface area contributed by atoms with E-state index in [1.54, 1.807) is 18.3 Å². The summed E-state index contributed by atoms with van der Waals surface area (Å²) in [6, 6.07) is 30.2. The summed E-state index contributed by atoms with van der Waals surface area (Å²) in [5.41, 5.74) is 7.52. The number of aromatic nitrogens is 1. The minimum absolute atomic E-state index is 0.318. The SMILES string of the molecule is O=C(N/N=C\c1cc(Br)ccc1OCc1ccc(Cl)cc1)c1ccc(-c2csc(Nc3ccccc3)n2)cc1. The molecular formula is C30H22BrClN4O2S. The number of hydrazone groups is 1. The predicted octanol–water partition coefficient (Wildman–Crippen LogP) is 8.31. The normalized spacial score (nSPS) is 10.9. The smallest absolute Gasteiger partial charge is 0.271 e. The van der Waals surface area contributed by atoms with Crippen LogP contribution in [-0.2, 0) is 6.61 Å². The average Bonchev–Trinajstić information content (AvgIpc) is 3.42. The summed E-state index contributed by atoms with van der Waals surface area (Å²) in [6.07, 6.45) is 1.56. The lowest BCUT2D eigenvalue weighted by Crippen LogP contribution is -2.17. The number of hydrogen-bond donors (Lipinski definition) is 2. The lowest BCUT2D eigenvalue weighted by atomic mass is 10.1. The van der Waals surface area contributed by atoms with E-state index in [-0.39, 0.29) is 5.91 Å². The van der Waals surface area contributed by atoms with E-state index in [2.05, 4.69) is 36.8 Å². The Hall–Kier alpha value is -3.98. The first kappa shape index (κ1) is 26.6. The van der Waals surface area contributed by atoms with Gasteiger partial charge < -0.3 is 10.1 Å². The Morgan fingerprint density at radius 2 is 1.77 bits per heavy atom. The van der Waals surface area contributed by atoms with Crippen molar-refractivity contribution in [3.05, 3.63) is 129 Å². The van der Waals surface area contributed by atoms with E-state index in [1.165, 1.54) is 11.3 Å².